The molecule has 0 aliphatic carbocycles. The third kappa shape index (κ3) is 3.79. The van der Waals surface area contributed by atoms with Gasteiger partial charge in [0.05, 0.1) is 11.7 Å². The van der Waals surface area contributed by atoms with E-state index in [2.05, 4.69) is 11.6 Å². The first-order valence-electron chi connectivity index (χ1n) is 9.85. The molecule has 6 heteroatoms. The van der Waals surface area contributed by atoms with Crippen LogP contribution in [0.2, 0.25) is 5.02 Å². The van der Waals surface area contributed by atoms with Crippen LogP contribution in [-0.4, -0.2) is 27.1 Å². The van der Waals surface area contributed by atoms with Crippen molar-refractivity contribution in [3.05, 3.63) is 76.2 Å². The number of amides is 1. The number of halogens is 2. The second kappa shape index (κ2) is 7.99. The van der Waals surface area contributed by atoms with Crippen molar-refractivity contribution in [3.8, 4) is 11.3 Å². The Morgan fingerprint density at radius 2 is 1.86 bits per heavy atom. The number of nitrogens with zero attached hydrogens (tertiary/aromatic N) is 3. The SMILES string of the molecule is CC[C@@H](c1ccc(Cl)cc1)n1nc(-c2ccc(F)cc2)c2c1CCN(C(C)=O)C2. The molecular formula is C23H23ClFN3O. The normalized spacial score (nSPS) is 14.6. The average Bonchev–Trinajstić information content (AvgIpc) is 3.09. The summed E-state index contributed by atoms with van der Waals surface area (Å²) >= 11 is 6.07. The van der Waals surface area contributed by atoms with E-state index < -0.39 is 0 Å². The summed E-state index contributed by atoms with van der Waals surface area (Å²) in [4.78, 5) is 13.8. The molecule has 1 aliphatic heterocycles. The van der Waals surface area contributed by atoms with Crippen molar-refractivity contribution < 1.29 is 9.18 Å². The maximum atomic E-state index is 13.5. The van der Waals surface area contributed by atoms with Crippen LogP contribution in [0.5, 0.6) is 0 Å². The van der Waals surface area contributed by atoms with Crippen LogP contribution in [0.25, 0.3) is 11.3 Å². The largest absolute Gasteiger partial charge is 0.338 e. The van der Waals surface area contributed by atoms with E-state index in [4.69, 9.17) is 16.7 Å². The molecule has 0 saturated heterocycles. The molecule has 0 bridgehead atoms. The highest BCUT2D eigenvalue weighted by Gasteiger charge is 2.29. The topological polar surface area (TPSA) is 38.1 Å². The molecule has 0 radical (unpaired) electrons. The standard InChI is InChI=1S/C23H23ClFN3O/c1-3-21(16-4-8-18(24)9-5-16)28-22-12-13-27(15(2)29)14-20(22)23(26-28)17-6-10-19(25)11-7-17/h4-11,21H,3,12-14H2,1-2H3/t21-/m0/s1. The quantitative estimate of drug-likeness (QED) is 0.588. The van der Waals surface area contributed by atoms with Crippen LogP contribution in [0.15, 0.2) is 48.5 Å². The predicted molar refractivity (Wildman–Crippen MR) is 112 cm³/mol. The number of hydrogen-bond acceptors (Lipinski definition) is 2. The zero-order valence-corrected chi connectivity index (χ0v) is 17.3. The summed E-state index contributed by atoms with van der Waals surface area (Å²) in [5.41, 5.74) is 5.01. The number of aromatic nitrogens is 2. The highest BCUT2D eigenvalue weighted by atomic mass is 35.5. The molecule has 4 rings (SSSR count). The number of carbonyl (C=O) groups is 1. The average molecular weight is 412 g/mol. The number of fused-ring (bicyclic) bond motifs is 1. The summed E-state index contributed by atoms with van der Waals surface area (Å²) in [5.74, 6) is -0.224. The highest BCUT2D eigenvalue weighted by Crippen LogP contribution is 2.34. The molecule has 2 heterocycles. The first-order chi connectivity index (χ1) is 14.0. The molecule has 1 aromatic heterocycles. The summed E-state index contributed by atoms with van der Waals surface area (Å²) in [5, 5.41) is 5.68. The predicted octanol–water partition coefficient (Wildman–Crippen LogP) is 5.25. The van der Waals surface area contributed by atoms with Gasteiger partial charge in [-0.25, -0.2) is 4.39 Å². The lowest BCUT2D eigenvalue weighted by Gasteiger charge is -2.28. The summed E-state index contributed by atoms with van der Waals surface area (Å²) < 4.78 is 15.6. The first kappa shape index (κ1) is 19.6. The van der Waals surface area contributed by atoms with Gasteiger partial charge in [0.15, 0.2) is 0 Å². The van der Waals surface area contributed by atoms with Crippen molar-refractivity contribution >= 4 is 17.5 Å². The fourth-order valence-corrected chi connectivity index (χ4v) is 4.17. The minimum atomic E-state index is -0.278. The molecule has 0 N–H and O–H groups in total. The molecule has 4 nitrogen and oxygen atoms in total. The molecule has 3 aromatic rings. The van der Waals surface area contributed by atoms with Gasteiger partial charge < -0.3 is 4.90 Å². The van der Waals surface area contributed by atoms with Gasteiger partial charge in [-0.3, -0.25) is 9.48 Å². The van der Waals surface area contributed by atoms with E-state index >= 15 is 0 Å². The third-order valence-electron chi connectivity index (χ3n) is 5.59. The van der Waals surface area contributed by atoms with E-state index in [9.17, 15) is 9.18 Å². The van der Waals surface area contributed by atoms with Gasteiger partial charge in [0.25, 0.3) is 0 Å². The van der Waals surface area contributed by atoms with Crippen LogP contribution in [0.3, 0.4) is 0 Å². The van der Waals surface area contributed by atoms with Crippen LogP contribution in [-0.2, 0) is 17.8 Å². The maximum absolute atomic E-state index is 13.5. The Morgan fingerprint density at radius 3 is 2.48 bits per heavy atom. The number of hydrogen-bond donors (Lipinski definition) is 0. The summed E-state index contributed by atoms with van der Waals surface area (Å²) in [6, 6.07) is 14.3. The van der Waals surface area contributed by atoms with Crippen LogP contribution >= 0.6 is 11.6 Å². The van der Waals surface area contributed by atoms with Gasteiger partial charge in [-0.15, -0.1) is 0 Å². The monoisotopic (exact) mass is 411 g/mol. The van der Waals surface area contributed by atoms with Gasteiger partial charge in [0.1, 0.15) is 5.82 Å². The Labute approximate surface area is 174 Å². The molecule has 150 valence electrons. The Morgan fingerprint density at radius 1 is 1.17 bits per heavy atom. The number of benzene rings is 2. The molecule has 2 aromatic carbocycles. The van der Waals surface area contributed by atoms with Crippen molar-refractivity contribution in [1.82, 2.24) is 14.7 Å². The summed E-state index contributed by atoms with van der Waals surface area (Å²) in [6.07, 6.45) is 1.61. The third-order valence-corrected chi connectivity index (χ3v) is 5.84. The smallest absolute Gasteiger partial charge is 0.219 e. The Kier molecular flexibility index (Phi) is 5.41. The van der Waals surface area contributed by atoms with Gasteiger partial charge in [-0.2, -0.15) is 5.10 Å². The number of rotatable bonds is 4. The fraction of sp³-hybridized carbons (Fsp3) is 0.304. The summed E-state index contributed by atoms with van der Waals surface area (Å²) in [7, 11) is 0. The van der Waals surface area contributed by atoms with E-state index in [1.165, 1.54) is 12.1 Å². The van der Waals surface area contributed by atoms with E-state index in [0.29, 0.717) is 18.1 Å². The lowest BCUT2D eigenvalue weighted by Crippen LogP contribution is -2.35. The van der Waals surface area contributed by atoms with E-state index in [0.717, 1.165) is 40.9 Å². The minimum absolute atomic E-state index is 0.0539. The molecule has 1 atom stereocenters. The lowest BCUT2D eigenvalue weighted by molar-refractivity contribution is -0.129. The first-order valence-corrected chi connectivity index (χ1v) is 10.2. The Balaban J connectivity index is 1.84. The van der Waals surface area contributed by atoms with Crippen LogP contribution in [0.1, 0.15) is 43.1 Å². The molecule has 0 spiro atoms. The zero-order valence-electron chi connectivity index (χ0n) is 16.5. The molecular weight excluding hydrogens is 389 g/mol. The van der Waals surface area contributed by atoms with Gasteiger partial charge in [0.2, 0.25) is 5.91 Å². The second-order valence-corrected chi connectivity index (χ2v) is 7.83. The summed E-state index contributed by atoms with van der Waals surface area (Å²) in [6.45, 7) is 4.92. The van der Waals surface area contributed by atoms with Crippen molar-refractivity contribution in [1.29, 1.82) is 0 Å². The molecule has 0 unspecified atom stereocenters. The molecule has 0 saturated carbocycles. The molecule has 1 amide bonds. The fourth-order valence-electron chi connectivity index (χ4n) is 4.05. The maximum Gasteiger partial charge on any atom is 0.219 e. The van der Waals surface area contributed by atoms with Gasteiger partial charge in [-0.1, -0.05) is 30.7 Å². The Bertz CT molecular complexity index is 1030. The van der Waals surface area contributed by atoms with Gasteiger partial charge >= 0.3 is 0 Å². The molecule has 29 heavy (non-hydrogen) atoms. The van der Waals surface area contributed by atoms with E-state index in [1.807, 2.05) is 29.2 Å². The lowest BCUT2D eigenvalue weighted by atomic mass is 9.99. The van der Waals surface area contributed by atoms with Crippen molar-refractivity contribution in [3.63, 3.8) is 0 Å². The van der Waals surface area contributed by atoms with Gasteiger partial charge in [0, 0.05) is 48.3 Å². The van der Waals surface area contributed by atoms with Crippen LogP contribution in [0.4, 0.5) is 4.39 Å². The second-order valence-electron chi connectivity index (χ2n) is 7.39. The molecule has 0 fully saturated rings. The van der Waals surface area contributed by atoms with E-state index in [1.54, 1.807) is 19.1 Å². The van der Waals surface area contributed by atoms with Crippen molar-refractivity contribution in [2.75, 3.05) is 6.54 Å². The zero-order chi connectivity index (χ0) is 20.5. The van der Waals surface area contributed by atoms with Crippen molar-refractivity contribution in [2.24, 2.45) is 0 Å². The molecule has 1 aliphatic rings. The van der Waals surface area contributed by atoms with Crippen LogP contribution < -0.4 is 0 Å². The Hall–Kier alpha value is -2.66. The van der Waals surface area contributed by atoms with Crippen LogP contribution in [0, 0.1) is 5.82 Å². The minimum Gasteiger partial charge on any atom is -0.338 e. The van der Waals surface area contributed by atoms with Crippen molar-refractivity contribution in [2.45, 2.75) is 39.3 Å². The van der Waals surface area contributed by atoms with Gasteiger partial charge in [-0.05, 0) is 48.4 Å². The van der Waals surface area contributed by atoms with E-state index in [-0.39, 0.29) is 17.8 Å². The highest BCUT2D eigenvalue weighted by molar-refractivity contribution is 6.30. The number of carbonyl (C=O) groups excluding carboxylic acids is 1.